The molecule has 0 aromatic rings. The van der Waals surface area contributed by atoms with E-state index in [2.05, 4.69) is 12.2 Å². The van der Waals surface area contributed by atoms with Gasteiger partial charge in [0.1, 0.15) is 0 Å². The summed E-state index contributed by atoms with van der Waals surface area (Å²) in [7, 11) is 0. The quantitative estimate of drug-likeness (QED) is 0.777. The lowest BCUT2D eigenvalue weighted by Crippen LogP contribution is -2.42. The van der Waals surface area contributed by atoms with E-state index in [0.29, 0.717) is 10.8 Å². The molecule has 0 aliphatic heterocycles. The summed E-state index contributed by atoms with van der Waals surface area (Å²) in [5, 5.41) is 2.94. The van der Waals surface area contributed by atoms with Gasteiger partial charge in [0.25, 0.3) is 0 Å². The molecule has 0 unspecified atom stereocenters. The minimum absolute atomic E-state index is 0. The van der Waals surface area contributed by atoms with E-state index in [-0.39, 0.29) is 12.1 Å². The molecule has 0 saturated heterocycles. The molecule has 3 saturated carbocycles. The van der Waals surface area contributed by atoms with E-state index < -0.39 is 0 Å². The molecule has 0 heterocycles. The monoisotopic (exact) mass is 226 g/mol. The highest BCUT2D eigenvalue weighted by Gasteiger charge is 2.46. The first-order valence-corrected chi connectivity index (χ1v) is 6.34. The second-order valence-electron chi connectivity index (χ2n) is 5.94. The van der Waals surface area contributed by atoms with Gasteiger partial charge in [0.05, 0.1) is 0 Å². The summed E-state index contributed by atoms with van der Waals surface area (Å²) in [6.07, 6.45) is 8.63. The maximum Gasteiger partial charge on any atom is 0.220 e. The fraction of sp³-hybridized carbons (Fsp3) is 0.923. The maximum absolute atomic E-state index is 11.7. The number of carbonyl (C=O) groups excluding carboxylic acids is 1. The Bertz CT molecular complexity index is 238. The number of nitrogens with one attached hydrogen (secondary N) is 1. The molecular formula is C13H26N2O. The molecule has 3 fully saturated rings. The number of rotatable bonds is 3. The van der Waals surface area contributed by atoms with Crippen LogP contribution in [0.15, 0.2) is 0 Å². The van der Waals surface area contributed by atoms with Crippen LogP contribution in [0.2, 0.25) is 0 Å². The fourth-order valence-corrected chi connectivity index (χ4v) is 3.32. The van der Waals surface area contributed by atoms with Crippen molar-refractivity contribution in [3.63, 3.8) is 0 Å². The lowest BCUT2D eigenvalue weighted by atomic mass is 9.53. The molecular weight excluding hydrogens is 200 g/mol. The molecule has 3 aliphatic carbocycles. The SMILES string of the molecule is CCNC(=O)CC12CCC(C)(CC1)CC2.N. The minimum atomic E-state index is 0. The summed E-state index contributed by atoms with van der Waals surface area (Å²) in [6.45, 7) is 5.18. The number of amides is 1. The van der Waals surface area contributed by atoms with Gasteiger partial charge >= 0.3 is 0 Å². The third kappa shape index (κ3) is 2.57. The topological polar surface area (TPSA) is 64.1 Å². The first-order valence-electron chi connectivity index (χ1n) is 6.34. The number of fused-ring (bicyclic) bond motifs is 3. The van der Waals surface area contributed by atoms with Crippen molar-refractivity contribution in [1.29, 1.82) is 0 Å². The highest BCUT2D eigenvalue weighted by molar-refractivity contribution is 5.76. The van der Waals surface area contributed by atoms with Gasteiger partial charge in [-0.15, -0.1) is 0 Å². The summed E-state index contributed by atoms with van der Waals surface area (Å²) in [4.78, 5) is 11.7. The van der Waals surface area contributed by atoms with Gasteiger partial charge in [0.2, 0.25) is 5.91 Å². The number of carbonyl (C=O) groups is 1. The Morgan fingerprint density at radius 2 is 1.62 bits per heavy atom. The molecule has 0 aromatic carbocycles. The van der Waals surface area contributed by atoms with Gasteiger partial charge in [-0.25, -0.2) is 0 Å². The van der Waals surface area contributed by atoms with Crippen molar-refractivity contribution in [1.82, 2.24) is 11.5 Å². The lowest BCUT2D eigenvalue weighted by Gasteiger charge is -2.52. The fourth-order valence-electron chi connectivity index (χ4n) is 3.32. The van der Waals surface area contributed by atoms with Gasteiger partial charge in [0, 0.05) is 13.0 Å². The Labute approximate surface area is 99.0 Å². The van der Waals surface area contributed by atoms with E-state index in [4.69, 9.17) is 0 Å². The van der Waals surface area contributed by atoms with Crippen LogP contribution >= 0.6 is 0 Å². The standard InChI is InChI=1S/C13H23NO.H3N/c1-3-14-11(15)10-13-7-4-12(2,5-8-13)6-9-13;/h3-10H2,1-2H3,(H,14,15);1H3. The van der Waals surface area contributed by atoms with Crippen LogP contribution in [-0.2, 0) is 4.79 Å². The first kappa shape index (κ1) is 13.5. The van der Waals surface area contributed by atoms with Crippen molar-refractivity contribution in [2.75, 3.05) is 6.54 Å². The molecule has 0 atom stereocenters. The molecule has 3 nitrogen and oxygen atoms in total. The first-order chi connectivity index (χ1) is 7.08. The second-order valence-corrected chi connectivity index (χ2v) is 5.94. The minimum Gasteiger partial charge on any atom is -0.356 e. The van der Waals surface area contributed by atoms with Gasteiger partial charge in [-0.1, -0.05) is 6.92 Å². The summed E-state index contributed by atoms with van der Waals surface area (Å²) < 4.78 is 0. The highest BCUT2D eigenvalue weighted by atomic mass is 16.1. The molecule has 3 heteroatoms. The van der Waals surface area contributed by atoms with E-state index in [1.54, 1.807) is 0 Å². The highest BCUT2D eigenvalue weighted by Crippen LogP contribution is 2.57. The van der Waals surface area contributed by atoms with E-state index in [0.717, 1.165) is 13.0 Å². The lowest BCUT2D eigenvalue weighted by molar-refractivity contribution is -0.126. The zero-order valence-corrected chi connectivity index (χ0v) is 10.8. The van der Waals surface area contributed by atoms with Gasteiger partial charge < -0.3 is 11.5 Å². The number of hydrogen-bond donors (Lipinski definition) is 2. The van der Waals surface area contributed by atoms with Crippen LogP contribution in [0.3, 0.4) is 0 Å². The van der Waals surface area contributed by atoms with Crippen LogP contribution in [0.1, 0.15) is 58.8 Å². The zero-order valence-electron chi connectivity index (χ0n) is 10.8. The average Bonchev–Trinajstić information content (AvgIpc) is 2.21. The molecule has 3 rings (SSSR count). The van der Waals surface area contributed by atoms with Crippen molar-refractivity contribution in [3.05, 3.63) is 0 Å². The van der Waals surface area contributed by atoms with Crippen LogP contribution < -0.4 is 11.5 Å². The van der Waals surface area contributed by atoms with Crippen LogP contribution in [0.25, 0.3) is 0 Å². The largest absolute Gasteiger partial charge is 0.356 e. The molecule has 0 aromatic heterocycles. The summed E-state index contributed by atoms with van der Waals surface area (Å²) in [5.74, 6) is 0.267. The Hall–Kier alpha value is -0.570. The van der Waals surface area contributed by atoms with Crippen molar-refractivity contribution >= 4 is 5.91 Å². The van der Waals surface area contributed by atoms with E-state index >= 15 is 0 Å². The molecule has 16 heavy (non-hydrogen) atoms. The zero-order chi connectivity index (χ0) is 10.9. The van der Waals surface area contributed by atoms with Crippen LogP contribution in [0.5, 0.6) is 0 Å². The van der Waals surface area contributed by atoms with Crippen molar-refractivity contribution in [2.45, 2.75) is 58.8 Å². The summed E-state index contributed by atoms with van der Waals surface area (Å²) in [5.41, 5.74) is 0.986. The molecule has 94 valence electrons. The van der Waals surface area contributed by atoms with Crippen LogP contribution in [0.4, 0.5) is 0 Å². The number of hydrogen-bond acceptors (Lipinski definition) is 2. The smallest absolute Gasteiger partial charge is 0.220 e. The third-order valence-corrected chi connectivity index (χ3v) is 4.69. The molecule has 4 N–H and O–H groups in total. The third-order valence-electron chi connectivity index (χ3n) is 4.69. The van der Waals surface area contributed by atoms with Gasteiger partial charge in [-0.3, -0.25) is 4.79 Å². The maximum atomic E-state index is 11.7. The van der Waals surface area contributed by atoms with Gasteiger partial charge in [-0.05, 0) is 56.3 Å². The molecule has 1 amide bonds. The molecule has 0 radical (unpaired) electrons. The molecule has 2 bridgehead atoms. The predicted molar refractivity (Wildman–Crippen MR) is 66.6 cm³/mol. The van der Waals surface area contributed by atoms with E-state index in [1.165, 1.54) is 38.5 Å². The Morgan fingerprint density at radius 3 is 2.06 bits per heavy atom. The summed E-state index contributed by atoms with van der Waals surface area (Å²) in [6, 6.07) is 0. The summed E-state index contributed by atoms with van der Waals surface area (Å²) >= 11 is 0. The van der Waals surface area contributed by atoms with Crippen molar-refractivity contribution < 1.29 is 4.79 Å². The Morgan fingerprint density at radius 1 is 1.12 bits per heavy atom. The van der Waals surface area contributed by atoms with Crippen molar-refractivity contribution in [3.8, 4) is 0 Å². The van der Waals surface area contributed by atoms with Gasteiger partial charge in [-0.2, -0.15) is 0 Å². The molecule has 0 spiro atoms. The predicted octanol–water partition coefficient (Wildman–Crippen LogP) is 3.04. The molecule has 3 aliphatic rings. The Kier molecular flexibility index (Phi) is 4.00. The van der Waals surface area contributed by atoms with E-state index in [9.17, 15) is 4.79 Å². The van der Waals surface area contributed by atoms with E-state index in [1.807, 2.05) is 6.92 Å². The van der Waals surface area contributed by atoms with Gasteiger partial charge in [0.15, 0.2) is 0 Å². The van der Waals surface area contributed by atoms with Crippen LogP contribution in [0, 0.1) is 10.8 Å². The average molecular weight is 226 g/mol. The normalized spacial score (nSPS) is 36.6. The van der Waals surface area contributed by atoms with Crippen LogP contribution in [-0.4, -0.2) is 12.5 Å². The second kappa shape index (κ2) is 4.74. The van der Waals surface area contributed by atoms with Crippen molar-refractivity contribution in [2.24, 2.45) is 10.8 Å². The Balaban J connectivity index is 0.00000128.